The second kappa shape index (κ2) is 7.05. The molecular weight excluding hydrogens is 274 g/mol. The SMILES string of the molecule is CC1CCCC(NC(=O)NCc2cn(CC(=O)O)nn2)C1. The Hall–Kier alpha value is -2.12. The van der Waals surface area contributed by atoms with E-state index in [1.165, 1.54) is 17.3 Å². The highest BCUT2D eigenvalue weighted by Crippen LogP contribution is 2.23. The Balaban J connectivity index is 1.73. The average molecular weight is 295 g/mol. The van der Waals surface area contributed by atoms with Crippen molar-refractivity contribution in [3.63, 3.8) is 0 Å². The van der Waals surface area contributed by atoms with Gasteiger partial charge in [0, 0.05) is 6.04 Å². The lowest BCUT2D eigenvalue weighted by Gasteiger charge is -2.27. The van der Waals surface area contributed by atoms with Gasteiger partial charge < -0.3 is 15.7 Å². The first-order chi connectivity index (χ1) is 10.0. The van der Waals surface area contributed by atoms with Gasteiger partial charge in [-0.05, 0) is 18.8 Å². The van der Waals surface area contributed by atoms with Crippen molar-refractivity contribution in [1.82, 2.24) is 25.6 Å². The van der Waals surface area contributed by atoms with Gasteiger partial charge in [-0.2, -0.15) is 0 Å². The Kier molecular flexibility index (Phi) is 5.13. The number of aromatic nitrogens is 3. The van der Waals surface area contributed by atoms with Crippen LogP contribution in [0.3, 0.4) is 0 Å². The molecule has 1 fully saturated rings. The number of carbonyl (C=O) groups excluding carboxylic acids is 1. The molecule has 1 aliphatic carbocycles. The highest BCUT2D eigenvalue weighted by molar-refractivity contribution is 5.74. The van der Waals surface area contributed by atoms with Crippen molar-refractivity contribution in [3.05, 3.63) is 11.9 Å². The molecule has 1 aliphatic rings. The number of carboxylic acids is 1. The summed E-state index contributed by atoms with van der Waals surface area (Å²) >= 11 is 0. The molecule has 1 heterocycles. The normalized spacial score (nSPS) is 21.8. The molecule has 0 aliphatic heterocycles. The molecule has 116 valence electrons. The van der Waals surface area contributed by atoms with Crippen LogP contribution in [0.2, 0.25) is 0 Å². The summed E-state index contributed by atoms with van der Waals surface area (Å²) in [6.45, 7) is 2.19. The zero-order valence-electron chi connectivity index (χ0n) is 12.1. The van der Waals surface area contributed by atoms with E-state index in [4.69, 9.17) is 5.11 Å². The van der Waals surface area contributed by atoms with Gasteiger partial charge in [-0.3, -0.25) is 4.79 Å². The first-order valence-electron chi connectivity index (χ1n) is 7.18. The van der Waals surface area contributed by atoms with Crippen molar-refractivity contribution < 1.29 is 14.7 Å². The number of hydrogen-bond acceptors (Lipinski definition) is 4. The van der Waals surface area contributed by atoms with Crippen LogP contribution >= 0.6 is 0 Å². The van der Waals surface area contributed by atoms with Crippen molar-refractivity contribution in [2.75, 3.05) is 0 Å². The van der Waals surface area contributed by atoms with E-state index in [2.05, 4.69) is 27.9 Å². The standard InChI is InChI=1S/C13H21N5O3/c1-9-3-2-4-10(5-9)15-13(21)14-6-11-7-18(17-16-11)8-12(19)20/h7,9-10H,2-6,8H2,1H3,(H,19,20)(H2,14,15,21). The van der Waals surface area contributed by atoms with Crippen LogP contribution in [-0.2, 0) is 17.9 Å². The molecule has 8 heteroatoms. The van der Waals surface area contributed by atoms with Gasteiger partial charge in [0.1, 0.15) is 12.2 Å². The van der Waals surface area contributed by atoms with Gasteiger partial charge in [-0.25, -0.2) is 9.48 Å². The van der Waals surface area contributed by atoms with E-state index < -0.39 is 5.97 Å². The molecule has 0 radical (unpaired) electrons. The number of hydrogen-bond donors (Lipinski definition) is 3. The molecule has 0 saturated heterocycles. The molecule has 0 spiro atoms. The fourth-order valence-electron chi connectivity index (χ4n) is 2.61. The van der Waals surface area contributed by atoms with Crippen LogP contribution in [0.25, 0.3) is 0 Å². The number of carboxylic acid groups (broad SMARTS) is 1. The predicted molar refractivity (Wildman–Crippen MR) is 74.4 cm³/mol. The number of nitrogens with one attached hydrogen (secondary N) is 2. The Morgan fingerprint density at radius 1 is 1.48 bits per heavy atom. The Bertz CT molecular complexity index is 502. The van der Waals surface area contributed by atoms with E-state index in [-0.39, 0.29) is 25.2 Å². The fraction of sp³-hybridized carbons (Fsp3) is 0.692. The minimum Gasteiger partial charge on any atom is -0.480 e. The first-order valence-corrected chi connectivity index (χ1v) is 7.18. The third-order valence-corrected chi connectivity index (χ3v) is 3.59. The van der Waals surface area contributed by atoms with Gasteiger partial charge >= 0.3 is 12.0 Å². The molecule has 0 bridgehead atoms. The van der Waals surface area contributed by atoms with Crippen molar-refractivity contribution >= 4 is 12.0 Å². The molecule has 2 amide bonds. The lowest BCUT2D eigenvalue weighted by atomic mass is 9.87. The van der Waals surface area contributed by atoms with E-state index in [0.717, 1.165) is 19.3 Å². The lowest BCUT2D eigenvalue weighted by Crippen LogP contribution is -2.43. The van der Waals surface area contributed by atoms with Crippen LogP contribution in [-0.4, -0.2) is 38.1 Å². The van der Waals surface area contributed by atoms with Crippen LogP contribution in [0, 0.1) is 5.92 Å². The van der Waals surface area contributed by atoms with Crippen molar-refractivity contribution in [2.24, 2.45) is 5.92 Å². The quantitative estimate of drug-likeness (QED) is 0.742. The summed E-state index contributed by atoms with van der Waals surface area (Å²) in [6, 6.07) is 0.0123. The molecule has 2 atom stereocenters. The zero-order chi connectivity index (χ0) is 15.2. The predicted octanol–water partition coefficient (Wildman–Crippen LogP) is 0.741. The smallest absolute Gasteiger partial charge is 0.325 e. The number of amides is 2. The Labute approximate surface area is 122 Å². The first kappa shape index (κ1) is 15.3. The highest BCUT2D eigenvalue weighted by atomic mass is 16.4. The van der Waals surface area contributed by atoms with E-state index in [1.54, 1.807) is 0 Å². The Morgan fingerprint density at radius 2 is 2.29 bits per heavy atom. The van der Waals surface area contributed by atoms with Gasteiger partial charge in [-0.1, -0.05) is 25.0 Å². The molecule has 1 aromatic heterocycles. The van der Waals surface area contributed by atoms with E-state index in [1.807, 2.05) is 0 Å². The van der Waals surface area contributed by atoms with Crippen LogP contribution in [0.4, 0.5) is 4.79 Å². The zero-order valence-corrected chi connectivity index (χ0v) is 12.1. The van der Waals surface area contributed by atoms with Gasteiger partial charge in [0.2, 0.25) is 0 Å². The largest absolute Gasteiger partial charge is 0.480 e. The van der Waals surface area contributed by atoms with Gasteiger partial charge in [0.15, 0.2) is 0 Å². The second-order valence-electron chi connectivity index (χ2n) is 5.60. The van der Waals surface area contributed by atoms with E-state index in [9.17, 15) is 9.59 Å². The summed E-state index contributed by atoms with van der Waals surface area (Å²) in [4.78, 5) is 22.3. The number of nitrogens with zero attached hydrogens (tertiary/aromatic N) is 3. The fourth-order valence-corrected chi connectivity index (χ4v) is 2.61. The maximum absolute atomic E-state index is 11.8. The van der Waals surface area contributed by atoms with Crippen LogP contribution in [0.1, 0.15) is 38.3 Å². The van der Waals surface area contributed by atoms with Crippen LogP contribution in [0.15, 0.2) is 6.20 Å². The maximum atomic E-state index is 11.8. The highest BCUT2D eigenvalue weighted by Gasteiger charge is 2.20. The molecule has 21 heavy (non-hydrogen) atoms. The van der Waals surface area contributed by atoms with Crippen LogP contribution in [0.5, 0.6) is 0 Å². The number of urea groups is 1. The van der Waals surface area contributed by atoms with Crippen LogP contribution < -0.4 is 10.6 Å². The van der Waals surface area contributed by atoms with Gasteiger partial charge in [-0.15, -0.1) is 5.10 Å². The molecular formula is C13H21N5O3. The minimum atomic E-state index is -0.983. The van der Waals surface area contributed by atoms with E-state index in [0.29, 0.717) is 11.6 Å². The lowest BCUT2D eigenvalue weighted by molar-refractivity contribution is -0.137. The molecule has 2 unspecified atom stereocenters. The van der Waals surface area contributed by atoms with Crippen molar-refractivity contribution in [2.45, 2.75) is 51.7 Å². The molecule has 0 aromatic carbocycles. The van der Waals surface area contributed by atoms with Crippen molar-refractivity contribution in [3.8, 4) is 0 Å². The third kappa shape index (κ3) is 5.05. The minimum absolute atomic E-state index is 0.220. The summed E-state index contributed by atoms with van der Waals surface area (Å²) in [5, 5.41) is 21.8. The summed E-state index contributed by atoms with van der Waals surface area (Å²) in [5.74, 6) is -0.330. The molecule has 2 rings (SSSR count). The van der Waals surface area contributed by atoms with Gasteiger partial charge in [0.25, 0.3) is 0 Å². The topological polar surface area (TPSA) is 109 Å². The maximum Gasteiger partial charge on any atom is 0.325 e. The van der Waals surface area contributed by atoms with Gasteiger partial charge in [0.05, 0.1) is 12.7 Å². The monoisotopic (exact) mass is 295 g/mol. The van der Waals surface area contributed by atoms with E-state index >= 15 is 0 Å². The summed E-state index contributed by atoms with van der Waals surface area (Å²) < 4.78 is 1.22. The number of aliphatic carboxylic acids is 1. The molecule has 1 saturated carbocycles. The molecule has 3 N–H and O–H groups in total. The molecule has 1 aromatic rings. The average Bonchev–Trinajstić information content (AvgIpc) is 2.83. The summed E-state index contributed by atoms with van der Waals surface area (Å²) in [5.41, 5.74) is 0.531. The van der Waals surface area contributed by atoms with Crippen molar-refractivity contribution in [1.29, 1.82) is 0 Å². The summed E-state index contributed by atoms with van der Waals surface area (Å²) in [7, 11) is 0. The Morgan fingerprint density at radius 3 is 3.00 bits per heavy atom. The second-order valence-corrected chi connectivity index (χ2v) is 5.60. The summed E-state index contributed by atoms with van der Waals surface area (Å²) in [6.07, 6.45) is 5.92. The number of carbonyl (C=O) groups is 2. The molecule has 8 nitrogen and oxygen atoms in total. The number of rotatable bonds is 5. The third-order valence-electron chi connectivity index (χ3n) is 3.59.